The Hall–Kier alpha value is -2.33. The maximum Gasteiger partial charge on any atom is 0.251 e. The molecule has 0 spiro atoms. The van der Waals surface area contributed by atoms with Crippen LogP contribution in [0.3, 0.4) is 0 Å². The van der Waals surface area contributed by atoms with Crippen molar-refractivity contribution in [1.29, 1.82) is 0 Å². The van der Waals surface area contributed by atoms with Crippen LogP contribution >= 0.6 is 11.8 Å². The number of rotatable bonds is 4. The van der Waals surface area contributed by atoms with Gasteiger partial charge in [0.1, 0.15) is 0 Å². The number of benzene rings is 2. The lowest BCUT2D eigenvalue weighted by Crippen LogP contribution is -2.14. The Balaban J connectivity index is 2.18. The number of nitrogens with zero attached hydrogens (tertiary/aromatic N) is 1. The van der Waals surface area contributed by atoms with Crippen LogP contribution in [0.4, 0.5) is 0 Å². The van der Waals surface area contributed by atoms with E-state index in [-0.39, 0.29) is 11.5 Å². The highest BCUT2D eigenvalue weighted by atomic mass is 32.2. The van der Waals surface area contributed by atoms with Crippen molar-refractivity contribution < 1.29 is 0 Å². The van der Waals surface area contributed by atoms with Gasteiger partial charge in [-0.1, -0.05) is 72.4 Å². The predicted octanol–water partition coefficient (Wildman–Crippen LogP) is 3.67. The Kier molecular flexibility index (Phi) is 4.39. The van der Waals surface area contributed by atoms with E-state index in [9.17, 15) is 4.79 Å². The molecule has 2 aromatic carbocycles. The zero-order valence-electron chi connectivity index (χ0n) is 12.2. The van der Waals surface area contributed by atoms with Crippen molar-refractivity contribution in [2.24, 2.45) is 0 Å². The third-order valence-corrected chi connectivity index (χ3v) is 4.07. The molecule has 0 saturated carbocycles. The van der Waals surface area contributed by atoms with E-state index in [1.54, 1.807) is 6.07 Å². The molecular formula is C18H16N2OS. The molecule has 0 aliphatic carbocycles. The first kappa shape index (κ1) is 14.6. The Morgan fingerprint density at radius 3 is 2.00 bits per heavy atom. The van der Waals surface area contributed by atoms with Gasteiger partial charge in [-0.3, -0.25) is 4.79 Å². The smallest absolute Gasteiger partial charge is 0.251 e. The van der Waals surface area contributed by atoms with Gasteiger partial charge in [0, 0.05) is 6.07 Å². The number of thioether (sulfide) groups is 1. The minimum atomic E-state index is -0.119. The predicted molar refractivity (Wildman–Crippen MR) is 90.5 cm³/mol. The number of aromatic amines is 1. The van der Waals surface area contributed by atoms with Gasteiger partial charge >= 0.3 is 0 Å². The second kappa shape index (κ2) is 6.62. The van der Waals surface area contributed by atoms with Crippen LogP contribution in [0, 0.1) is 0 Å². The summed E-state index contributed by atoms with van der Waals surface area (Å²) in [5.74, 6) is -0.0457. The number of nitrogens with one attached hydrogen (secondary N) is 1. The molecule has 3 aromatic rings. The summed E-state index contributed by atoms with van der Waals surface area (Å²) in [6, 6.07) is 21.9. The summed E-state index contributed by atoms with van der Waals surface area (Å²) < 4.78 is 0. The summed E-state index contributed by atoms with van der Waals surface area (Å²) in [6.45, 7) is 0. The molecule has 1 N–H and O–H groups in total. The van der Waals surface area contributed by atoms with E-state index < -0.39 is 0 Å². The molecule has 0 bridgehead atoms. The van der Waals surface area contributed by atoms with Crippen LogP contribution in [0.25, 0.3) is 0 Å². The molecule has 0 aliphatic heterocycles. The summed E-state index contributed by atoms with van der Waals surface area (Å²) in [4.78, 5) is 19.3. The molecule has 4 heteroatoms. The van der Waals surface area contributed by atoms with E-state index in [1.165, 1.54) is 11.8 Å². The molecule has 3 nitrogen and oxygen atoms in total. The number of H-pyrrole nitrogens is 1. The highest BCUT2D eigenvalue weighted by Gasteiger charge is 2.19. The summed E-state index contributed by atoms with van der Waals surface area (Å²) in [5.41, 5.74) is 2.90. The van der Waals surface area contributed by atoms with Gasteiger partial charge in [-0.05, 0) is 17.4 Å². The molecule has 0 saturated heterocycles. The van der Waals surface area contributed by atoms with Crippen molar-refractivity contribution >= 4 is 11.8 Å². The van der Waals surface area contributed by atoms with E-state index in [4.69, 9.17) is 0 Å². The van der Waals surface area contributed by atoms with Crippen molar-refractivity contribution in [1.82, 2.24) is 9.97 Å². The zero-order valence-corrected chi connectivity index (χ0v) is 13.0. The Morgan fingerprint density at radius 2 is 1.50 bits per heavy atom. The van der Waals surface area contributed by atoms with E-state index in [2.05, 4.69) is 34.2 Å². The Morgan fingerprint density at radius 1 is 0.955 bits per heavy atom. The molecule has 0 aliphatic rings. The lowest BCUT2D eigenvalue weighted by Gasteiger charge is -2.18. The highest BCUT2D eigenvalue weighted by molar-refractivity contribution is 7.98. The van der Waals surface area contributed by atoms with Crippen molar-refractivity contribution in [2.75, 3.05) is 6.26 Å². The molecule has 0 unspecified atom stereocenters. The average Bonchev–Trinajstić information content (AvgIpc) is 2.56. The van der Waals surface area contributed by atoms with Crippen molar-refractivity contribution in [2.45, 2.75) is 11.1 Å². The van der Waals surface area contributed by atoms with Crippen molar-refractivity contribution in [3.05, 3.63) is 93.9 Å². The fourth-order valence-corrected chi connectivity index (χ4v) is 2.92. The first-order chi connectivity index (χ1) is 10.8. The van der Waals surface area contributed by atoms with Crippen LogP contribution in [0.5, 0.6) is 0 Å². The molecule has 0 atom stereocenters. The SMILES string of the molecule is CSc1nc(C(c2ccccc2)c2ccccc2)cc(=O)[nH]1. The molecule has 3 rings (SSSR count). The van der Waals surface area contributed by atoms with Gasteiger partial charge in [-0.25, -0.2) is 4.98 Å². The molecule has 0 radical (unpaired) electrons. The van der Waals surface area contributed by atoms with Crippen molar-refractivity contribution in [3.63, 3.8) is 0 Å². The number of hydrogen-bond acceptors (Lipinski definition) is 3. The van der Waals surface area contributed by atoms with E-state index in [0.717, 1.165) is 16.8 Å². The first-order valence-corrected chi connectivity index (χ1v) is 8.25. The zero-order chi connectivity index (χ0) is 15.4. The Labute approximate surface area is 133 Å². The summed E-state index contributed by atoms with van der Waals surface area (Å²) in [5, 5.41) is 0.638. The maximum absolute atomic E-state index is 11.9. The number of aromatic nitrogens is 2. The molecule has 22 heavy (non-hydrogen) atoms. The minimum absolute atomic E-state index is 0.0457. The van der Waals surface area contributed by atoms with Crippen LogP contribution < -0.4 is 5.56 Å². The standard InChI is InChI=1S/C18H16N2OS/c1-22-18-19-15(12-16(21)20-18)17(13-8-4-2-5-9-13)14-10-6-3-7-11-14/h2-12,17H,1H3,(H,19,20,21). The molecule has 1 aromatic heterocycles. The molecule has 110 valence electrons. The largest absolute Gasteiger partial charge is 0.301 e. The van der Waals surface area contributed by atoms with Crippen LogP contribution in [0.1, 0.15) is 22.7 Å². The van der Waals surface area contributed by atoms with Crippen LogP contribution in [-0.2, 0) is 0 Å². The van der Waals surface area contributed by atoms with Gasteiger partial charge in [0.05, 0.1) is 11.6 Å². The fraction of sp³-hybridized carbons (Fsp3) is 0.111. The fourth-order valence-electron chi connectivity index (χ4n) is 2.52. The molecular weight excluding hydrogens is 292 g/mol. The topological polar surface area (TPSA) is 45.8 Å². The van der Waals surface area contributed by atoms with Gasteiger partial charge < -0.3 is 4.98 Å². The van der Waals surface area contributed by atoms with E-state index >= 15 is 0 Å². The van der Waals surface area contributed by atoms with Gasteiger partial charge in [0.25, 0.3) is 5.56 Å². The van der Waals surface area contributed by atoms with Gasteiger partial charge in [0.15, 0.2) is 5.16 Å². The van der Waals surface area contributed by atoms with Crippen LogP contribution in [0.2, 0.25) is 0 Å². The van der Waals surface area contributed by atoms with Gasteiger partial charge in [0.2, 0.25) is 0 Å². The number of hydrogen-bond donors (Lipinski definition) is 1. The second-order valence-electron chi connectivity index (χ2n) is 4.93. The van der Waals surface area contributed by atoms with E-state index in [1.807, 2.05) is 42.7 Å². The van der Waals surface area contributed by atoms with Crippen molar-refractivity contribution in [3.8, 4) is 0 Å². The third-order valence-electron chi connectivity index (χ3n) is 3.49. The lowest BCUT2D eigenvalue weighted by molar-refractivity contribution is 0.827. The second-order valence-corrected chi connectivity index (χ2v) is 5.73. The average molecular weight is 308 g/mol. The molecule has 0 amide bonds. The summed E-state index contributed by atoms with van der Waals surface area (Å²) in [7, 11) is 0. The van der Waals surface area contributed by atoms with Crippen LogP contribution in [-0.4, -0.2) is 16.2 Å². The lowest BCUT2D eigenvalue weighted by atomic mass is 9.88. The monoisotopic (exact) mass is 308 g/mol. The third kappa shape index (κ3) is 3.12. The minimum Gasteiger partial charge on any atom is -0.301 e. The van der Waals surface area contributed by atoms with Gasteiger partial charge in [-0.15, -0.1) is 0 Å². The Bertz CT molecular complexity index is 761. The maximum atomic E-state index is 11.9. The highest BCUT2D eigenvalue weighted by Crippen LogP contribution is 2.30. The first-order valence-electron chi connectivity index (χ1n) is 7.03. The molecule has 0 fully saturated rings. The normalized spacial score (nSPS) is 10.8. The van der Waals surface area contributed by atoms with Gasteiger partial charge in [-0.2, -0.15) is 0 Å². The molecule has 1 heterocycles. The van der Waals surface area contributed by atoms with E-state index in [0.29, 0.717) is 5.16 Å². The summed E-state index contributed by atoms with van der Waals surface area (Å²) in [6.07, 6.45) is 1.90. The summed E-state index contributed by atoms with van der Waals surface area (Å²) >= 11 is 1.44. The quantitative estimate of drug-likeness (QED) is 0.591. The van der Waals surface area contributed by atoms with Crippen LogP contribution in [0.15, 0.2) is 76.7 Å².